The molecule has 0 atom stereocenters. The van der Waals surface area contributed by atoms with Crippen LogP contribution in [0.1, 0.15) is 38.5 Å². The second-order valence-electron chi connectivity index (χ2n) is 5.22. The van der Waals surface area contributed by atoms with Gasteiger partial charge in [0.1, 0.15) is 5.41 Å². The third kappa shape index (κ3) is 2.64. The summed E-state index contributed by atoms with van der Waals surface area (Å²) < 4.78 is 36.0. The zero-order valence-corrected chi connectivity index (χ0v) is 10.8. The number of nitrogens with one attached hydrogen (secondary N) is 1. The van der Waals surface area contributed by atoms with Gasteiger partial charge in [0.25, 0.3) is 0 Å². The Bertz CT molecular complexity index is 444. The number of carbonyl (C=O) groups excluding carboxylic acids is 3. The van der Waals surface area contributed by atoms with Crippen LogP contribution < -0.4 is 5.32 Å². The summed E-state index contributed by atoms with van der Waals surface area (Å²) in [5.74, 6) is -1.14. The number of carbonyl (C=O) groups is 3. The highest BCUT2D eigenvalue weighted by molar-refractivity contribution is 6.19. The number of barbiturate groups is 1. The van der Waals surface area contributed by atoms with Crippen molar-refractivity contribution < 1.29 is 27.6 Å². The molecule has 1 saturated heterocycles. The van der Waals surface area contributed by atoms with Crippen molar-refractivity contribution in [3.63, 3.8) is 0 Å². The Labute approximate surface area is 113 Å². The monoisotopic (exact) mass is 292 g/mol. The van der Waals surface area contributed by atoms with Crippen LogP contribution >= 0.6 is 0 Å². The molecule has 2 fully saturated rings. The van der Waals surface area contributed by atoms with Gasteiger partial charge in [-0.05, 0) is 25.7 Å². The van der Waals surface area contributed by atoms with Gasteiger partial charge in [-0.25, -0.2) is 4.79 Å². The molecule has 0 bridgehead atoms. The van der Waals surface area contributed by atoms with Crippen LogP contribution in [0.2, 0.25) is 0 Å². The molecule has 1 spiro atoms. The van der Waals surface area contributed by atoms with E-state index >= 15 is 0 Å². The first kappa shape index (κ1) is 14.8. The van der Waals surface area contributed by atoms with E-state index in [1.807, 2.05) is 0 Å². The lowest BCUT2D eigenvalue weighted by Gasteiger charge is -2.44. The number of amides is 4. The Balaban J connectivity index is 1.92. The second-order valence-corrected chi connectivity index (χ2v) is 5.22. The Morgan fingerprint density at radius 1 is 1.15 bits per heavy atom. The number of unbranched alkanes of at least 4 members (excludes halogenated alkanes) is 1. The standard InChI is InChI=1S/C12H15F3N2O3/c13-12(14,15)6-1-2-7-17-9(19)11(4-3-5-11)8(18)16-10(17)20/h1-7H2,(H,16,18,20). The Morgan fingerprint density at radius 2 is 1.80 bits per heavy atom. The zero-order valence-electron chi connectivity index (χ0n) is 10.8. The Hall–Kier alpha value is -1.60. The van der Waals surface area contributed by atoms with Crippen LogP contribution in [0.5, 0.6) is 0 Å². The third-order valence-corrected chi connectivity index (χ3v) is 3.85. The molecule has 4 amide bonds. The molecule has 0 aromatic carbocycles. The lowest BCUT2D eigenvalue weighted by Crippen LogP contribution is -2.66. The quantitative estimate of drug-likeness (QED) is 0.636. The summed E-state index contributed by atoms with van der Waals surface area (Å²) in [5, 5.41) is 2.11. The summed E-state index contributed by atoms with van der Waals surface area (Å²) >= 11 is 0. The molecule has 1 aliphatic heterocycles. The minimum absolute atomic E-state index is 0.0724. The van der Waals surface area contributed by atoms with Crippen LogP contribution in [0.25, 0.3) is 0 Å². The van der Waals surface area contributed by atoms with Gasteiger partial charge >= 0.3 is 12.2 Å². The molecule has 1 aliphatic carbocycles. The van der Waals surface area contributed by atoms with Crippen LogP contribution in [-0.4, -0.2) is 35.5 Å². The zero-order chi connectivity index (χ0) is 15.0. The number of rotatable bonds is 4. The van der Waals surface area contributed by atoms with Crippen LogP contribution in [0.15, 0.2) is 0 Å². The second kappa shape index (κ2) is 5.06. The molecule has 0 radical (unpaired) electrons. The summed E-state index contributed by atoms with van der Waals surface area (Å²) in [6.07, 6.45) is -3.74. The van der Waals surface area contributed by atoms with E-state index in [0.29, 0.717) is 12.8 Å². The topological polar surface area (TPSA) is 66.5 Å². The van der Waals surface area contributed by atoms with Crippen LogP contribution in [-0.2, 0) is 9.59 Å². The minimum atomic E-state index is -4.24. The van der Waals surface area contributed by atoms with Gasteiger partial charge in [-0.3, -0.25) is 19.8 Å². The number of imide groups is 2. The number of nitrogens with zero attached hydrogens (tertiary/aromatic N) is 1. The molecule has 112 valence electrons. The summed E-state index contributed by atoms with van der Waals surface area (Å²) in [5.41, 5.74) is -1.15. The van der Waals surface area contributed by atoms with Crippen LogP contribution in [0, 0.1) is 5.41 Å². The molecule has 1 heterocycles. The lowest BCUT2D eigenvalue weighted by molar-refractivity contribution is -0.157. The van der Waals surface area contributed by atoms with E-state index < -0.39 is 35.9 Å². The van der Waals surface area contributed by atoms with Crippen molar-refractivity contribution in [1.82, 2.24) is 10.2 Å². The fourth-order valence-electron chi connectivity index (χ4n) is 2.50. The number of halogens is 3. The first-order valence-corrected chi connectivity index (χ1v) is 6.50. The smallest absolute Gasteiger partial charge is 0.277 e. The van der Waals surface area contributed by atoms with E-state index in [1.54, 1.807) is 0 Å². The maximum atomic E-state index is 12.2. The summed E-state index contributed by atoms with van der Waals surface area (Å²) in [4.78, 5) is 36.3. The summed E-state index contributed by atoms with van der Waals surface area (Å²) in [6, 6.07) is -0.829. The van der Waals surface area contributed by atoms with Gasteiger partial charge in [-0.1, -0.05) is 6.42 Å². The van der Waals surface area contributed by atoms with Crippen LogP contribution in [0.3, 0.4) is 0 Å². The van der Waals surface area contributed by atoms with Crippen molar-refractivity contribution in [2.45, 2.75) is 44.7 Å². The molecule has 2 aliphatic rings. The number of hydrogen-bond donors (Lipinski definition) is 1. The van der Waals surface area contributed by atoms with Gasteiger partial charge < -0.3 is 0 Å². The molecule has 5 nitrogen and oxygen atoms in total. The predicted octanol–water partition coefficient (Wildman–Crippen LogP) is 1.97. The number of hydrogen-bond acceptors (Lipinski definition) is 3. The van der Waals surface area contributed by atoms with Crippen molar-refractivity contribution in [3.8, 4) is 0 Å². The molecule has 0 aromatic rings. The third-order valence-electron chi connectivity index (χ3n) is 3.85. The fourth-order valence-corrected chi connectivity index (χ4v) is 2.50. The first-order chi connectivity index (χ1) is 9.26. The summed E-state index contributed by atoms with van der Waals surface area (Å²) in [6.45, 7) is -0.0875. The molecular weight excluding hydrogens is 277 g/mol. The minimum Gasteiger partial charge on any atom is -0.277 e. The maximum absolute atomic E-state index is 12.2. The van der Waals surface area contributed by atoms with Gasteiger partial charge in [-0.15, -0.1) is 0 Å². The Kier molecular flexibility index (Phi) is 3.75. The molecule has 8 heteroatoms. The van der Waals surface area contributed by atoms with E-state index in [9.17, 15) is 27.6 Å². The van der Waals surface area contributed by atoms with E-state index in [4.69, 9.17) is 0 Å². The average molecular weight is 292 g/mol. The van der Waals surface area contributed by atoms with E-state index in [-0.39, 0.29) is 19.4 Å². The van der Waals surface area contributed by atoms with Crippen molar-refractivity contribution in [2.24, 2.45) is 5.41 Å². The molecular formula is C12H15F3N2O3. The van der Waals surface area contributed by atoms with Gasteiger partial charge in [0, 0.05) is 13.0 Å². The Morgan fingerprint density at radius 3 is 2.30 bits per heavy atom. The molecule has 0 unspecified atom stereocenters. The lowest BCUT2D eigenvalue weighted by atomic mass is 9.66. The van der Waals surface area contributed by atoms with Gasteiger partial charge in [-0.2, -0.15) is 13.2 Å². The highest BCUT2D eigenvalue weighted by atomic mass is 19.4. The van der Waals surface area contributed by atoms with E-state index in [0.717, 1.165) is 11.3 Å². The van der Waals surface area contributed by atoms with Gasteiger partial charge in [0.2, 0.25) is 11.8 Å². The normalized spacial score (nSPS) is 21.9. The van der Waals surface area contributed by atoms with Crippen molar-refractivity contribution in [2.75, 3.05) is 6.54 Å². The predicted molar refractivity (Wildman–Crippen MR) is 61.4 cm³/mol. The van der Waals surface area contributed by atoms with Crippen LogP contribution in [0.4, 0.5) is 18.0 Å². The molecule has 2 rings (SSSR count). The van der Waals surface area contributed by atoms with E-state index in [1.165, 1.54) is 0 Å². The number of alkyl halides is 3. The fraction of sp³-hybridized carbons (Fsp3) is 0.750. The highest BCUT2D eigenvalue weighted by Crippen LogP contribution is 2.44. The summed E-state index contributed by atoms with van der Waals surface area (Å²) in [7, 11) is 0. The highest BCUT2D eigenvalue weighted by Gasteiger charge is 2.57. The molecule has 0 aromatic heterocycles. The molecule has 20 heavy (non-hydrogen) atoms. The van der Waals surface area contributed by atoms with Gasteiger partial charge in [0.15, 0.2) is 0 Å². The van der Waals surface area contributed by atoms with E-state index in [2.05, 4.69) is 5.32 Å². The van der Waals surface area contributed by atoms with Crippen molar-refractivity contribution in [1.29, 1.82) is 0 Å². The first-order valence-electron chi connectivity index (χ1n) is 6.50. The number of urea groups is 1. The van der Waals surface area contributed by atoms with Crippen molar-refractivity contribution in [3.05, 3.63) is 0 Å². The molecule has 1 N–H and O–H groups in total. The van der Waals surface area contributed by atoms with Gasteiger partial charge in [0.05, 0.1) is 0 Å². The maximum Gasteiger partial charge on any atom is 0.389 e. The molecule has 1 saturated carbocycles. The largest absolute Gasteiger partial charge is 0.389 e. The SMILES string of the molecule is O=C1NC(=O)C2(CCC2)C(=O)N1CCCCC(F)(F)F. The van der Waals surface area contributed by atoms with Crippen molar-refractivity contribution >= 4 is 17.8 Å². The average Bonchev–Trinajstić information content (AvgIpc) is 2.23.